The SMILES string of the molecule is CC(C)(C)CCNCCN1CCCc2ccccc21. The number of anilines is 1. The largest absolute Gasteiger partial charge is 0.370 e. The summed E-state index contributed by atoms with van der Waals surface area (Å²) in [5, 5.41) is 3.58. The van der Waals surface area contributed by atoms with Crippen molar-refractivity contribution >= 4 is 5.69 Å². The number of aryl methyl sites for hydroxylation is 1. The van der Waals surface area contributed by atoms with Gasteiger partial charge in [-0.3, -0.25) is 0 Å². The van der Waals surface area contributed by atoms with E-state index < -0.39 is 0 Å². The van der Waals surface area contributed by atoms with Gasteiger partial charge in [0.05, 0.1) is 0 Å². The summed E-state index contributed by atoms with van der Waals surface area (Å²) in [5.41, 5.74) is 3.40. The lowest BCUT2D eigenvalue weighted by Crippen LogP contribution is -2.36. The first-order valence-corrected chi connectivity index (χ1v) is 7.60. The van der Waals surface area contributed by atoms with Crippen LogP contribution in [0.3, 0.4) is 0 Å². The first-order valence-electron chi connectivity index (χ1n) is 7.60. The third-order valence-corrected chi connectivity index (χ3v) is 3.82. The average Bonchev–Trinajstić information content (AvgIpc) is 2.37. The third-order valence-electron chi connectivity index (χ3n) is 3.82. The van der Waals surface area contributed by atoms with Gasteiger partial charge in [-0.25, -0.2) is 0 Å². The van der Waals surface area contributed by atoms with Gasteiger partial charge in [-0.2, -0.15) is 0 Å². The van der Waals surface area contributed by atoms with Crippen molar-refractivity contribution in [1.29, 1.82) is 0 Å². The molecule has 0 spiro atoms. The smallest absolute Gasteiger partial charge is 0.0399 e. The highest BCUT2D eigenvalue weighted by Gasteiger charge is 2.15. The summed E-state index contributed by atoms with van der Waals surface area (Å²) in [6.07, 6.45) is 3.77. The summed E-state index contributed by atoms with van der Waals surface area (Å²) in [4.78, 5) is 2.53. The molecule has 0 amide bonds. The average molecular weight is 260 g/mol. The Morgan fingerprint density at radius 3 is 2.74 bits per heavy atom. The minimum Gasteiger partial charge on any atom is -0.370 e. The lowest BCUT2D eigenvalue weighted by molar-refractivity contribution is 0.367. The number of hydrogen-bond donors (Lipinski definition) is 1. The van der Waals surface area contributed by atoms with Gasteiger partial charge in [-0.1, -0.05) is 39.0 Å². The fourth-order valence-electron chi connectivity index (χ4n) is 2.65. The van der Waals surface area contributed by atoms with Crippen LogP contribution in [0, 0.1) is 5.41 Å². The van der Waals surface area contributed by atoms with Crippen LogP contribution in [0.25, 0.3) is 0 Å². The molecule has 0 saturated heterocycles. The lowest BCUT2D eigenvalue weighted by atomic mass is 9.92. The van der Waals surface area contributed by atoms with E-state index in [0.717, 1.165) is 19.6 Å². The van der Waals surface area contributed by atoms with Gasteiger partial charge in [0.25, 0.3) is 0 Å². The molecule has 1 aromatic carbocycles. The fraction of sp³-hybridized carbons (Fsp3) is 0.647. The quantitative estimate of drug-likeness (QED) is 0.816. The molecule has 0 unspecified atom stereocenters. The second-order valence-electron chi connectivity index (χ2n) is 6.78. The molecule has 0 saturated carbocycles. The molecular weight excluding hydrogens is 232 g/mol. The van der Waals surface area contributed by atoms with Crippen molar-refractivity contribution < 1.29 is 0 Å². The van der Waals surface area contributed by atoms with Crippen molar-refractivity contribution in [3.05, 3.63) is 29.8 Å². The summed E-state index contributed by atoms with van der Waals surface area (Å²) < 4.78 is 0. The molecule has 19 heavy (non-hydrogen) atoms. The van der Waals surface area contributed by atoms with Gasteiger partial charge in [-0.05, 0) is 42.9 Å². The standard InChI is InChI=1S/C17H28N2/c1-17(2,3)10-11-18-12-14-19-13-6-8-15-7-4-5-9-16(15)19/h4-5,7,9,18H,6,8,10-14H2,1-3H3. The maximum Gasteiger partial charge on any atom is 0.0399 e. The molecule has 0 fully saturated rings. The van der Waals surface area contributed by atoms with E-state index in [0.29, 0.717) is 5.41 Å². The summed E-state index contributed by atoms with van der Waals surface area (Å²) in [6, 6.07) is 8.85. The first kappa shape index (κ1) is 14.4. The summed E-state index contributed by atoms with van der Waals surface area (Å²) in [5.74, 6) is 0. The molecule has 1 aromatic rings. The zero-order chi connectivity index (χ0) is 13.7. The number of benzene rings is 1. The van der Waals surface area contributed by atoms with Crippen LogP contribution >= 0.6 is 0 Å². The Morgan fingerprint density at radius 1 is 1.16 bits per heavy atom. The van der Waals surface area contributed by atoms with Crippen molar-refractivity contribution in [1.82, 2.24) is 5.32 Å². The monoisotopic (exact) mass is 260 g/mol. The van der Waals surface area contributed by atoms with Crippen LogP contribution in [0.2, 0.25) is 0 Å². The lowest BCUT2D eigenvalue weighted by Gasteiger charge is -2.31. The van der Waals surface area contributed by atoms with Crippen molar-refractivity contribution in [2.24, 2.45) is 5.41 Å². The Morgan fingerprint density at radius 2 is 1.95 bits per heavy atom. The molecule has 1 N–H and O–H groups in total. The summed E-state index contributed by atoms with van der Waals surface area (Å²) in [7, 11) is 0. The van der Waals surface area contributed by atoms with E-state index in [9.17, 15) is 0 Å². The molecule has 1 aliphatic rings. The van der Waals surface area contributed by atoms with Crippen molar-refractivity contribution in [2.75, 3.05) is 31.1 Å². The van der Waals surface area contributed by atoms with E-state index in [1.54, 1.807) is 0 Å². The molecule has 0 atom stereocenters. The molecule has 1 heterocycles. The van der Waals surface area contributed by atoms with Crippen molar-refractivity contribution in [3.8, 4) is 0 Å². The highest BCUT2D eigenvalue weighted by atomic mass is 15.1. The molecule has 0 aliphatic carbocycles. The predicted octanol–water partition coefficient (Wildman–Crippen LogP) is 3.47. The second kappa shape index (κ2) is 6.42. The molecule has 0 radical (unpaired) electrons. The van der Waals surface area contributed by atoms with Crippen LogP contribution in [-0.2, 0) is 6.42 Å². The number of para-hydroxylation sites is 1. The second-order valence-corrected chi connectivity index (χ2v) is 6.78. The number of nitrogens with zero attached hydrogens (tertiary/aromatic N) is 1. The fourth-order valence-corrected chi connectivity index (χ4v) is 2.65. The molecule has 0 aromatic heterocycles. The third kappa shape index (κ3) is 4.54. The van der Waals surface area contributed by atoms with E-state index in [1.165, 1.54) is 37.1 Å². The van der Waals surface area contributed by atoms with Gasteiger partial charge >= 0.3 is 0 Å². The van der Waals surface area contributed by atoms with Crippen LogP contribution in [0.15, 0.2) is 24.3 Å². The highest BCUT2D eigenvalue weighted by molar-refractivity contribution is 5.55. The number of nitrogens with one attached hydrogen (secondary N) is 1. The van der Waals surface area contributed by atoms with E-state index >= 15 is 0 Å². The van der Waals surface area contributed by atoms with Gasteiger partial charge in [0.1, 0.15) is 0 Å². The normalized spacial score (nSPS) is 15.4. The summed E-state index contributed by atoms with van der Waals surface area (Å²) in [6.45, 7) is 11.4. The first-order chi connectivity index (χ1) is 9.06. The maximum absolute atomic E-state index is 3.58. The van der Waals surface area contributed by atoms with E-state index in [1.807, 2.05) is 0 Å². The predicted molar refractivity (Wildman–Crippen MR) is 83.9 cm³/mol. The Kier molecular flexibility index (Phi) is 4.87. The Balaban J connectivity index is 1.75. The van der Waals surface area contributed by atoms with Gasteiger partial charge in [0, 0.05) is 25.3 Å². The molecule has 2 heteroatoms. The van der Waals surface area contributed by atoms with Crippen LogP contribution in [0.1, 0.15) is 39.2 Å². The maximum atomic E-state index is 3.58. The molecule has 1 aliphatic heterocycles. The van der Waals surface area contributed by atoms with Crippen LogP contribution in [0.4, 0.5) is 5.69 Å². The van der Waals surface area contributed by atoms with Gasteiger partial charge in [0.2, 0.25) is 0 Å². The Hall–Kier alpha value is -1.02. The van der Waals surface area contributed by atoms with Gasteiger partial charge < -0.3 is 10.2 Å². The zero-order valence-electron chi connectivity index (χ0n) is 12.7. The van der Waals surface area contributed by atoms with Crippen molar-refractivity contribution in [2.45, 2.75) is 40.0 Å². The molecule has 2 rings (SSSR count). The van der Waals surface area contributed by atoms with Crippen molar-refractivity contribution in [3.63, 3.8) is 0 Å². The molecule has 106 valence electrons. The molecular formula is C17H28N2. The summed E-state index contributed by atoms with van der Waals surface area (Å²) >= 11 is 0. The number of fused-ring (bicyclic) bond motifs is 1. The van der Waals surface area contributed by atoms with E-state index in [-0.39, 0.29) is 0 Å². The van der Waals surface area contributed by atoms with Crippen LogP contribution in [0.5, 0.6) is 0 Å². The molecule has 0 bridgehead atoms. The topological polar surface area (TPSA) is 15.3 Å². The van der Waals surface area contributed by atoms with E-state index in [4.69, 9.17) is 0 Å². The minimum absolute atomic E-state index is 0.435. The molecule has 2 nitrogen and oxygen atoms in total. The van der Waals surface area contributed by atoms with Gasteiger partial charge in [0.15, 0.2) is 0 Å². The van der Waals surface area contributed by atoms with E-state index in [2.05, 4.69) is 55.3 Å². The Bertz CT molecular complexity index is 392. The minimum atomic E-state index is 0.435. The van der Waals surface area contributed by atoms with Crippen LogP contribution in [-0.4, -0.2) is 26.2 Å². The zero-order valence-corrected chi connectivity index (χ0v) is 12.7. The highest BCUT2D eigenvalue weighted by Crippen LogP contribution is 2.26. The van der Waals surface area contributed by atoms with Crippen LogP contribution < -0.4 is 10.2 Å². The number of rotatable bonds is 5. The van der Waals surface area contributed by atoms with Gasteiger partial charge in [-0.15, -0.1) is 0 Å². The number of hydrogen-bond acceptors (Lipinski definition) is 2. The Labute approximate surface area is 118 Å².